The standard InChI is InChI=1S/C19H17F3N4O2S/c1-10(27)8-23-17(28)15-7-13-14-9-25(2)24-16(14)26(18(13)29-15)12-5-3-11(4-6-12)19(20,21)22/h3-7,9-10,27H,8H2,1-2H3,(H,23,28)/t10-/m0/s1. The average Bonchev–Trinajstić information content (AvgIpc) is 3.29. The Morgan fingerprint density at radius 1 is 1.28 bits per heavy atom. The lowest BCUT2D eigenvalue weighted by Crippen LogP contribution is -2.29. The van der Waals surface area contributed by atoms with Crippen LogP contribution >= 0.6 is 11.3 Å². The summed E-state index contributed by atoms with van der Waals surface area (Å²) in [6.07, 6.45) is -3.27. The van der Waals surface area contributed by atoms with Gasteiger partial charge in [-0.25, -0.2) is 0 Å². The minimum Gasteiger partial charge on any atom is -0.392 e. The van der Waals surface area contributed by atoms with E-state index >= 15 is 0 Å². The number of aliphatic hydroxyl groups is 1. The molecule has 3 heterocycles. The molecule has 0 radical (unpaired) electrons. The van der Waals surface area contributed by atoms with Gasteiger partial charge in [0.2, 0.25) is 0 Å². The number of aromatic nitrogens is 3. The van der Waals surface area contributed by atoms with Crippen molar-refractivity contribution in [1.29, 1.82) is 0 Å². The fourth-order valence-corrected chi connectivity index (χ4v) is 4.26. The highest BCUT2D eigenvalue weighted by Crippen LogP contribution is 2.37. The number of hydrogen-bond donors (Lipinski definition) is 2. The maximum absolute atomic E-state index is 12.9. The van der Waals surface area contributed by atoms with Crippen molar-refractivity contribution in [2.45, 2.75) is 19.2 Å². The number of nitrogens with zero attached hydrogens (tertiary/aromatic N) is 3. The monoisotopic (exact) mass is 422 g/mol. The van der Waals surface area contributed by atoms with Gasteiger partial charge in [0.25, 0.3) is 5.91 Å². The van der Waals surface area contributed by atoms with Crippen LogP contribution in [0.2, 0.25) is 0 Å². The van der Waals surface area contributed by atoms with E-state index in [9.17, 15) is 23.1 Å². The molecule has 4 rings (SSSR count). The van der Waals surface area contributed by atoms with E-state index in [0.29, 0.717) is 21.0 Å². The number of halogens is 3. The number of rotatable bonds is 4. The molecular weight excluding hydrogens is 405 g/mol. The predicted molar refractivity (Wildman–Crippen MR) is 104 cm³/mol. The van der Waals surface area contributed by atoms with E-state index in [1.807, 2.05) is 6.20 Å². The number of alkyl halides is 3. The molecule has 29 heavy (non-hydrogen) atoms. The number of aliphatic hydroxyl groups excluding tert-OH is 1. The van der Waals surface area contributed by atoms with Gasteiger partial charge in [0.15, 0.2) is 5.65 Å². The van der Waals surface area contributed by atoms with Gasteiger partial charge in [0.1, 0.15) is 4.83 Å². The first-order chi connectivity index (χ1) is 13.6. The van der Waals surface area contributed by atoms with Gasteiger partial charge < -0.3 is 10.4 Å². The van der Waals surface area contributed by atoms with Crippen LogP contribution in [-0.4, -0.2) is 38.0 Å². The van der Waals surface area contributed by atoms with Crippen LogP contribution in [0, 0.1) is 0 Å². The van der Waals surface area contributed by atoms with Crippen LogP contribution in [0.4, 0.5) is 13.2 Å². The molecule has 1 atom stereocenters. The quantitative estimate of drug-likeness (QED) is 0.527. The summed E-state index contributed by atoms with van der Waals surface area (Å²) in [5.41, 5.74) is 0.394. The highest BCUT2D eigenvalue weighted by atomic mass is 32.1. The number of carbonyl (C=O) groups excluding carboxylic acids is 1. The summed E-state index contributed by atoms with van der Waals surface area (Å²) < 4.78 is 42.1. The summed E-state index contributed by atoms with van der Waals surface area (Å²) in [5, 5.41) is 18.0. The Bertz CT molecular complexity index is 1200. The van der Waals surface area contributed by atoms with Gasteiger partial charge in [-0.1, -0.05) is 0 Å². The summed E-state index contributed by atoms with van der Waals surface area (Å²) in [6.45, 7) is 1.70. The summed E-state index contributed by atoms with van der Waals surface area (Å²) in [4.78, 5) is 13.6. The third kappa shape index (κ3) is 3.49. The number of amides is 1. The van der Waals surface area contributed by atoms with E-state index in [2.05, 4.69) is 10.4 Å². The van der Waals surface area contributed by atoms with Crippen LogP contribution in [0.1, 0.15) is 22.2 Å². The molecule has 0 bridgehead atoms. The van der Waals surface area contributed by atoms with E-state index in [1.165, 1.54) is 23.5 Å². The molecule has 1 amide bonds. The van der Waals surface area contributed by atoms with E-state index in [4.69, 9.17) is 0 Å². The molecule has 3 aromatic heterocycles. The zero-order valence-electron chi connectivity index (χ0n) is 15.5. The Hall–Kier alpha value is -2.85. The number of hydrogen-bond acceptors (Lipinski definition) is 4. The van der Waals surface area contributed by atoms with Crippen molar-refractivity contribution >= 4 is 38.5 Å². The second kappa shape index (κ2) is 6.89. The molecule has 4 aromatic rings. The Morgan fingerprint density at radius 3 is 2.59 bits per heavy atom. The van der Waals surface area contributed by atoms with Gasteiger partial charge in [-0.2, -0.15) is 18.3 Å². The van der Waals surface area contributed by atoms with Crippen LogP contribution in [-0.2, 0) is 13.2 Å². The molecule has 0 unspecified atom stereocenters. The third-order valence-electron chi connectivity index (χ3n) is 4.46. The molecule has 0 fully saturated rings. The van der Waals surface area contributed by atoms with Gasteiger partial charge in [-0.3, -0.25) is 14.0 Å². The molecule has 0 spiro atoms. The second-order valence-corrected chi connectivity index (χ2v) is 7.84. The smallest absolute Gasteiger partial charge is 0.392 e. The van der Waals surface area contributed by atoms with E-state index in [0.717, 1.165) is 22.9 Å². The number of fused-ring (bicyclic) bond motifs is 3. The number of aryl methyl sites for hydroxylation is 1. The van der Waals surface area contributed by atoms with Gasteiger partial charge in [-0.05, 0) is 37.3 Å². The largest absolute Gasteiger partial charge is 0.416 e. The third-order valence-corrected chi connectivity index (χ3v) is 5.58. The Kier molecular flexibility index (Phi) is 4.62. The summed E-state index contributed by atoms with van der Waals surface area (Å²) in [5.74, 6) is -0.317. The Balaban J connectivity index is 1.84. The van der Waals surface area contributed by atoms with Crippen molar-refractivity contribution in [3.63, 3.8) is 0 Å². The van der Waals surface area contributed by atoms with Crippen LogP contribution < -0.4 is 5.32 Å². The van der Waals surface area contributed by atoms with Gasteiger partial charge >= 0.3 is 6.18 Å². The average molecular weight is 422 g/mol. The minimum atomic E-state index is -4.41. The zero-order chi connectivity index (χ0) is 20.9. The second-order valence-electron chi connectivity index (χ2n) is 6.81. The lowest BCUT2D eigenvalue weighted by atomic mass is 10.2. The molecule has 152 valence electrons. The number of carbonyl (C=O) groups is 1. The maximum atomic E-state index is 12.9. The molecule has 0 saturated carbocycles. The molecule has 0 aliphatic carbocycles. The van der Waals surface area contributed by atoms with Crippen LogP contribution in [0.25, 0.3) is 26.9 Å². The first-order valence-electron chi connectivity index (χ1n) is 8.76. The first-order valence-corrected chi connectivity index (χ1v) is 9.58. The van der Waals surface area contributed by atoms with Crippen molar-refractivity contribution in [2.24, 2.45) is 7.05 Å². The van der Waals surface area contributed by atoms with Crippen molar-refractivity contribution in [3.8, 4) is 5.69 Å². The normalized spacial score (nSPS) is 13.3. The molecule has 2 N–H and O–H groups in total. The van der Waals surface area contributed by atoms with Gasteiger partial charge in [0.05, 0.1) is 16.5 Å². The molecule has 0 saturated heterocycles. The summed E-state index contributed by atoms with van der Waals surface area (Å²) in [6, 6.07) is 6.58. The minimum absolute atomic E-state index is 0.127. The van der Waals surface area contributed by atoms with Crippen LogP contribution in [0.15, 0.2) is 36.5 Å². The SMILES string of the molecule is C[C@H](O)CNC(=O)c1cc2c3cn(C)nc3n(-c3ccc(C(F)(F)F)cc3)c2s1. The number of benzene rings is 1. The molecule has 0 aliphatic heterocycles. The van der Waals surface area contributed by atoms with Crippen molar-refractivity contribution in [1.82, 2.24) is 19.7 Å². The number of nitrogens with one attached hydrogen (secondary N) is 1. The van der Waals surface area contributed by atoms with E-state index in [-0.39, 0.29) is 12.5 Å². The summed E-state index contributed by atoms with van der Waals surface area (Å²) >= 11 is 1.22. The van der Waals surface area contributed by atoms with Crippen LogP contribution in [0.3, 0.4) is 0 Å². The molecule has 10 heteroatoms. The van der Waals surface area contributed by atoms with Crippen molar-refractivity contribution in [3.05, 3.63) is 47.0 Å². The summed E-state index contributed by atoms with van der Waals surface area (Å²) in [7, 11) is 1.76. The maximum Gasteiger partial charge on any atom is 0.416 e. The Morgan fingerprint density at radius 2 is 1.97 bits per heavy atom. The molecule has 1 aromatic carbocycles. The first kappa shape index (κ1) is 19.5. The van der Waals surface area contributed by atoms with Crippen molar-refractivity contribution in [2.75, 3.05) is 6.54 Å². The van der Waals surface area contributed by atoms with E-state index < -0.39 is 17.8 Å². The van der Waals surface area contributed by atoms with Gasteiger partial charge in [0, 0.05) is 36.2 Å². The fourth-order valence-electron chi connectivity index (χ4n) is 3.15. The van der Waals surface area contributed by atoms with E-state index in [1.54, 1.807) is 29.3 Å². The molecular formula is C19H17F3N4O2S. The highest BCUT2D eigenvalue weighted by molar-refractivity contribution is 7.20. The van der Waals surface area contributed by atoms with Crippen LogP contribution in [0.5, 0.6) is 0 Å². The molecule has 6 nitrogen and oxygen atoms in total. The predicted octanol–water partition coefficient (Wildman–Crippen LogP) is 3.71. The topological polar surface area (TPSA) is 72.1 Å². The zero-order valence-corrected chi connectivity index (χ0v) is 16.3. The Labute approximate surface area is 167 Å². The molecule has 0 aliphatic rings. The lowest BCUT2D eigenvalue weighted by Gasteiger charge is -2.09. The number of thiophene rings is 1. The van der Waals surface area contributed by atoms with Crippen molar-refractivity contribution < 1.29 is 23.1 Å². The lowest BCUT2D eigenvalue weighted by molar-refractivity contribution is -0.137. The fraction of sp³-hybridized carbons (Fsp3) is 0.263. The van der Waals surface area contributed by atoms with Gasteiger partial charge in [-0.15, -0.1) is 11.3 Å². The highest BCUT2D eigenvalue weighted by Gasteiger charge is 2.30.